The molecule has 98 valence electrons. The van der Waals surface area contributed by atoms with Gasteiger partial charge in [-0.05, 0) is 18.1 Å². The van der Waals surface area contributed by atoms with E-state index in [2.05, 4.69) is 29.0 Å². The zero-order chi connectivity index (χ0) is 13.1. The molecule has 0 spiro atoms. The maximum absolute atomic E-state index is 5.37. The van der Waals surface area contributed by atoms with Crippen LogP contribution in [0.3, 0.4) is 0 Å². The first-order chi connectivity index (χ1) is 8.61. The van der Waals surface area contributed by atoms with Gasteiger partial charge in [-0.1, -0.05) is 13.8 Å². The quantitative estimate of drug-likeness (QED) is 0.855. The number of ether oxygens (including phenoxy) is 1. The van der Waals surface area contributed by atoms with Crippen LogP contribution in [-0.4, -0.2) is 28.9 Å². The Kier molecular flexibility index (Phi) is 4.26. The number of hydrogen-bond acceptors (Lipinski definition) is 6. The normalized spacial score (nSPS) is 11.3. The van der Waals surface area contributed by atoms with Gasteiger partial charge in [0, 0.05) is 13.5 Å². The smallest absolute Gasteiger partial charge is 0.284 e. The lowest BCUT2D eigenvalue weighted by atomic mass is 10.1. The molecule has 2 rings (SSSR count). The first-order valence-corrected chi connectivity index (χ1v) is 6.88. The van der Waals surface area contributed by atoms with E-state index in [1.54, 1.807) is 18.4 Å². The zero-order valence-electron chi connectivity index (χ0n) is 10.5. The fourth-order valence-electron chi connectivity index (χ4n) is 1.55. The summed E-state index contributed by atoms with van der Waals surface area (Å²) in [5, 5.41) is 7.73. The summed E-state index contributed by atoms with van der Waals surface area (Å²) < 4.78 is 10.4. The molecule has 2 aromatic rings. The highest BCUT2D eigenvalue weighted by molar-refractivity contribution is 7.71. The molecule has 18 heavy (non-hydrogen) atoms. The minimum atomic E-state index is 0.284. The van der Waals surface area contributed by atoms with Crippen molar-refractivity contribution in [1.82, 2.24) is 15.2 Å². The number of rotatable bonds is 5. The van der Waals surface area contributed by atoms with Crippen molar-refractivity contribution in [3.63, 3.8) is 0 Å². The van der Waals surface area contributed by atoms with Crippen LogP contribution >= 0.6 is 23.6 Å². The predicted molar refractivity (Wildman–Crippen MR) is 72.5 cm³/mol. The highest BCUT2D eigenvalue weighted by atomic mass is 32.1. The number of methoxy groups -OCH3 is 1. The molecule has 0 amide bonds. The van der Waals surface area contributed by atoms with Crippen LogP contribution in [0.25, 0.3) is 10.8 Å². The molecule has 0 aromatic carbocycles. The van der Waals surface area contributed by atoms with Crippen LogP contribution in [0.1, 0.15) is 30.5 Å². The Morgan fingerprint density at radius 1 is 1.50 bits per heavy atom. The van der Waals surface area contributed by atoms with E-state index in [4.69, 9.17) is 21.4 Å². The van der Waals surface area contributed by atoms with Crippen LogP contribution < -0.4 is 0 Å². The Morgan fingerprint density at radius 2 is 2.28 bits per heavy atom. The summed E-state index contributed by atoms with van der Waals surface area (Å²) in [5.41, 5.74) is 0.997. The average molecular weight is 285 g/mol. The van der Waals surface area contributed by atoms with Crippen molar-refractivity contribution >= 4 is 23.6 Å². The summed E-state index contributed by atoms with van der Waals surface area (Å²) in [6.45, 7) is 4.86. The molecule has 5 nitrogen and oxygen atoms in total. The maximum Gasteiger partial charge on any atom is 0.284 e. The lowest BCUT2D eigenvalue weighted by molar-refractivity contribution is 0.202. The number of H-pyrrole nitrogens is 1. The molecule has 0 saturated heterocycles. The van der Waals surface area contributed by atoms with Gasteiger partial charge in [0.25, 0.3) is 10.7 Å². The Bertz CT molecular complexity index is 571. The van der Waals surface area contributed by atoms with Crippen LogP contribution in [0.15, 0.2) is 4.42 Å². The van der Waals surface area contributed by atoms with Crippen LogP contribution in [0.5, 0.6) is 0 Å². The molecule has 0 radical (unpaired) electrons. The van der Waals surface area contributed by atoms with Crippen LogP contribution in [0, 0.1) is 4.84 Å². The van der Waals surface area contributed by atoms with Crippen molar-refractivity contribution in [2.24, 2.45) is 0 Å². The fourth-order valence-corrected chi connectivity index (χ4v) is 2.80. The second-order valence-electron chi connectivity index (χ2n) is 4.14. The molecule has 0 unspecified atom stereocenters. The lowest BCUT2D eigenvalue weighted by Crippen LogP contribution is -1.95. The Hall–Kier alpha value is -1.05. The number of hydrogen-bond donors (Lipinski definition) is 1. The zero-order valence-corrected chi connectivity index (χ0v) is 12.2. The Morgan fingerprint density at radius 3 is 2.83 bits per heavy atom. The summed E-state index contributed by atoms with van der Waals surface area (Å²) in [6, 6.07) is 0. The van der Waals surface area contributed by atoms with E-state index in [0.717, 1.165) is 22.0 Å². The standard InChI is InChI=1S/C11H15N3O2S2/c1-6(2)8-9(10-13-14-11(17)16-10)18-7(12-8)4-5-15-3/h6H,4-5H2,1-3H3,(H,14,17). The summed E-state index contributed by atoms with van der Waals surface area (Å²) in [5.74, 6) is 0.831. The monoisotopic (exact) mass is 285 g/mol. The van der Waals surface area contributed by atoms with Crippen molar-refractivity contribution in [3.8, 4) is 10.8 Å². The van der Waals surface area contributed by atoms with E-state index < -0.39 is 0 Å². The molecule has 0 bridgehead atoms. The average Bonchev–Trinajstić information content (AvgIpc) is 2.92. The van der Waals surface area contributed by atoms with E-state index in [1.165, 1.54) is 0 Å². The van der Waals surface area contributed by atoms with Crippen molar-refractivity contribution < 1.29 is 9.15 Å². The number of aromatic nitrogens is 3. The third kappa shape index (κ3) is 2.85. The van der Waals surface area contributed by atoms with E-state index in [9.17, 15) is 0 Å². The van der Waals surface area contributed by atoms with Crippen molar-refractivity contribution in [2.45, 2.75) is 26.2 Å². The van der Waals surface area contributed by atoms with E-state index in [0.29, 0.717) is 18.4 Å². The second kappa shape index (κ2) is 5.73. The summed E-state index contributed by atoms with van der Waals surface area (Å²) in [7, 11) is 1.68. The highest BCUT2D eigenvalue weighted by Crippen LogP contribution is 2.33. The Labute approximate surface area is 114 Å². The van der Waals surface area contributed by atoms with E-state index in [1.807, 2.05) is 0 Å². The molecule has 2 heterocycles. The molecule has 0 aliphatic carbocycles. The molecule has 0 atom stereocenters. The van der Waals surface area contributed by atoms with E-state index >= 15 is 0 Å². The number of aromatic amines is 1. The van der Waals surface area contributed by atoms with Gasteiger partial charge < -0.3 is 9.15 Å². The van der Waals surface area contributed by atoms with Crippen LogP contribution in [0.4, 0.5) is 0 Å². The van der Waals surface area contributed by atoms with Crippen molar-refractivity contribution in [1.29, 1.82) is 0 Å². The summed E-state index contributed by atoms with van der Waals surface area (Å²) in [6.07, 6.45) is 0.798. The van der Waals surface area contributed by atoms with Gasteiger partial charge in [0.2, 0.25) is 0 Å². The van der Waals surface area contributed by atoms with Crippen LogP contribution in [-0.2, 0) is 11.2 Å². The van der Waals surface area contributed by atoms with Crippen molar-refractivity contribution in [2.75, 3.05) is 13.7 Å². The fraction of sp³-hybridized carbons (Fsp3) is 0.545. The SMILES string of the molecule is COCCc1nc(C(C)C)c(-c2n[nH]c(=S)o2)s1. The minimum Gasteiger partial charge on any atom is -0.408 e. The first-order valence-electron chi connectivity index (χ1n) is 5.66. The third-order valence-electron chi connectivity index (χ3n) is 2.40. The maximum atomic E-state index is 5.37. The molecular weight excluding hydrogens is 270 g/mol. The van der Waals surface area contributed by atoms with Gasteiger partial charge in [-0.15, -0.1) is 16.4 Å². The van der Waals surface area contributed by atoms with Gasteiger partial charge in [-0.25, -0.2) is 10.1 Å². The number of nitrogens with one attached hydrogen (secondary N) is 1. The molecule has 7 heteroatoms. The molecule has 0 aliphatic heterocycles. The van der Waals surface area contributed by atoms with Crippen molar-refractivity contribution in [3.05, 3.63) is 15.5 Å². The summed E-state index contributed by atoms with van der Waals surface area (Å²) >= 11 is 6.48. The lowest BCUT2D eigenvalue weighted by Gasteiger charge is -2.00. The van der Waals surface area contributed by atoms with Gasteiger partial charge in [0.15, 0.2) is 0 Å². The minimum absolute atomic E-state index is 0.284. The third-order valence-corrected chi connectivity index (χ3v) is 3.69. The molecule has 0 fully saturated rings. The molecule has 2 aromatic heterocycles. The van der Waals surface area contributed by atoms with Gasteiger partial charge in [0.05, 0.1) is 17.3 Å². The largest absolute Gasteiger partial charge is 0.408 e. The molecule has 0 aliphatic rings. The highest BCUT2D eigenvalue weighted by Gasteiger charge is 2.19. The van der Waals surface area contributed by atoms with Gasteiger partial charge in [-0.3, -0.25) is 0 Å². The first kappa shape index (κ1) is 13.4. The van der Waals surface area contributed by atoms with Gasteiger partial charge in [0.1, 0.15) is 4.88 Å². The topological polar surface area (TPSA) is 63.9 Å². The van der Waals surface area contributed by atoms with Crippen LogP contribution in [0.2, 0.25) is 0 Å². The van der Waals surface area contributed by atoms with E-state index in [-0.39, 0.29) is 4.84 Å². The molecule has 0 saturated carbocycles. The molecule has 1 N–H and O–H groups in total. The predicted octanol–water partition coefficient (Wildman–Crippen LogP) is 3.17. The second-order valence-corrected chi connectivity index (χ2v) is 5.59. The Balaban J connectivity index is 2.38. The van der Waals surface area contributed by atoms with Gasteiger partial charge in [-0.2, -0.15) is 0 Å². The van der Waals surface area contributed by atoms with Gasteiger partial charge >= 0.3 is 0 Å². The molecular formula is C11H15N3O2S2. The number of nitrogens with zero attached hydrogens (tertiary/aromatic N) is 2. The summed E-state index contributed by atoms with van der Waals surface area (Å²) in [4.78, 5) is 5.85. The number of thiazole rings is 1.